The lowest BCUT2D eigenvalue weighted by atomic mass is 10.0. The van der Waals surface area contributed by atoms with E-state index in [2.05, 4.69) is 15.9 Å². The van der Waals surface area contributed by atoms with E-state index in [0.717, 1.165) is 0 Å². The summed E-state index contributed by atoms with van der Waals surface area (Å²) in [7, 11) is 0. The fourth-order valence-corrected chi connectivity index (χ4v) is 2.34. The maximum Gasteiger partial charge on any atom is 0.180 e. The molecule has 1 atom stereocenters. The van der Waals surface area contributed by atoms with E-state index in [-0.39, 0.29) is 5.78 Å². The van der Waals surface area contributed by atoms with Crippen LogP contribution in [0.3, 0.4) is 0 Å². The van der Waals surface area contributed by atoms with Gasteiger partial charge in [0.05, 0.1) is 0 Å². The lowest BCUT2D eigenvalue weighted by molar-refractivity contribution is 0.0990. The molecule has 1 unspecified atom stereocenters. The molecule has 18 heavy (non-hydrogen) atoms. The molecule has 0 radical (unpaired) electrons. The van der Waals surface area contributed by atoms with E-state index in [1.54, 1.807) is 42.5 Å². The van der Waals surface area contributed by atoms with Crippen LogP contribution in [-0.4, -0.2) is 5.78 Å². The van der Waals surface area contributed by atoms with E-state index in [1.165, 1.54) is 6.07 Å². The van der Waals surface area contributed by atoms with Gasteiger partial charge in [-0.15, -0.1) is 0 Å². The highest BCUT2D eigenvalue weighted by Gasteiger charge is 2.21. The average molecular weight is 328 g/mol. The quantitative estimate of drug-likeness (QED) is 0.585. The molecule has 0 spiro atoms. The molecule has 0 aliphatic carbocycles. The van der Waals surface area contributed by atoms with Gasteiger partial charge >= 0.3 is 0 Å². The van der Waals surface area contributed by atoms with Crippen LogP contribution in [0, 0.1) is 5.82 Å². The number of carbonyl (C=O) groups excluding carboxylic acids is 1. The van der Waals surface area contributed by atoms with Gasteiger partial charge in [-0.05, 0) is 30.3 Å². The second kappa shape index (κ2) is 5.63. The molecule has 0 aliphatic rings. The second-order valence-electron chi connectivity index (χ2n) is 3.76. The Kier molecular flexibility index (Phi) is 4.15. The largest absolute Gasteiger partial charge is 0.293 e. The van der Waals surface area contributed by atoms with Crippen LogP contribution in [0.2, 0.25) is 5.02 Å². The standard InChI is InChI=1S/C14H9BrClFO/c15-13(11-3-1-2-4-12(11)17)14(18)9-5-7-10(16)8-6-9/h1-8,13H. The highest BCUT2D eigenvalue weighted by Crippen LogP contribution is 2.29. The minimum atomic E-state index is -0.695. The Morgan fingerprint density at radius 1 is 1.11 bits per heavy atom. The molecule has 4 heteroatoms. The van der Waals surface area contributed by atoms with Gasteiger partial charge in [-0.1, -0.05) is 45.7 Å². The summed E-state index contributed by atoms with van der Waals surface area (Å²) >= 11 is 8.99. The molecule has 2 aromatic carbocycles. The lowest BCUT2D eigenvalue weighted by Gasteiger charge is -2.10. The summed E-state index contributed by atoms with van der Waals surface area (Å²) in [5.41, 5.74) is 0.821. The third kappa shape index (κ3) is 2.79. The summed E-state index contributed by atoms with van der Waals surface area (Å²) in [5, 5.41) is 0.559. The minimum Gasteiger partial charge on any atom is -0.293 e. The number of hydrogen-bond donors (Lipinski definition) is 0. The van der Waals surface area contributed by atoms with Crippen molar-refractivity contribution in [2.75, 3.05) is 0 Å². The summed E-state index contributed by atoms with van der Waals surface area (Å²) in [6, 6.07) is 12.7. The number of carbonyl (C=O) groups is 1. The van der Waals surface area contributed by atoms with Crippen LogP contribution in [0.15, 0.2) is 48.5 Å². The highest BCUT2D eigenvalue weighted by atomic mass is 79.9. The van der Waals surface area contributed by atoms with Gasteiger partial charge in [0.2, 0.25) is 0 Å². The summed E-state index contributed by atoms with van der Waals surface area (Å²) < 4.78 is 13.6. The molecule has 0 saturated carbocycles. The van der Waals surface area contributed by atoms with Crippen molar-refractivity contribution < 1.29 is 9.18 Å². The molecule has 92 valence electrons. The normalized spacial score (nSPS) is 12.2. The molecule has 0 heterocycles. The lowest BCUT2D eigenvalue weighted by Crippen LogP contribution is -2.08. The Bertz CT molecular complexity index is 568. The van der Waals surface area contributed by atoms with Crippen molar-refractivity contribution >= 4 is 33.3 Å². The zero-order valence-electron chi connectivity index (χ0n) is 9.24. The van der Waals surface area contributed by atoms with Crippen LogP contribution in [0.5, 0.6) is 0 Å². The number of halogens is 3. The molecule has 0 N–H and O–H groups in total. The van der Waals surface area contributed by atoms with E-state index < -0.39 is 10.6 Å². The van der Waals surface area contributed by atoms with Crippen molar-refractivity contribution in [3.05, 3.63) is 70.5 Å². The molecule has 0 aliphatic heterocycles. The zero-order valence-corrected chi connectivity index (χ0v) is 11.6. The molecule has 1 nitrogen and oxygen atoms in total. The first kappa shape index (κ1) is 13.2. The number of rotatable bonds is 3. The minimum absolute atomic E-state index is 0.197. The van der Waals surface area contributed by atoms with Gasteiger partial charge in [-0.25, -0.2) is 4.39 Å². The highest BCUT2D eigenvalue weighted by molar-refractivity contribution is 9.09. The molecule has 0 fully saturated rings. The molecule has 0 bridgehead atoms. The number of alkyl halides is 1. The van der Waals surface area contributed by atoms with Crippen molar-refractivity contribution in [3.8, 4) is 0 Å². The molecular weight excluding hydrogens is 319 g/mol. The van der Waals surface area contributed by atoms with E-state index in [1.807, 2.05) is 0 Å². The van der Waals surface area contributed by atoms with Crippen LogP contribution in [0.1, 0.15) is 20.7 Å². The maximum atomic E-state index is 13.6. The number of ketones is 1. The van der Waals surface area contributed by atoms with Gasteiger partial charge in [-0.2, -0.15) is 0 Å². The van der Waals surface area contributed by atoms with Gasteiger partial charge < -0.3 is 0 Å². The first-order chi connectivity index (χ1) is 8.59. The van der Waals surface area contributed by atoms with E-state index in [9.17, 15) is 9.18 Å². The predicted octanol–water partition coefficient (Wildman–Crippen LogP) is 4.80. The fraction of sp³-hybridized carbons (Fsp3) is 0.0714. The monoisotopic (exact) mass is 326 g/mol. The van der Waals surface area contributed by atoms with Gasteiger partial charge in [-0.3, -0.25) is 4.79 Å². The molecule has 0 aromatic heterocycles. The smallest absolute Gasteiger partial charge is 0.180 e. The average Bonchev–Trinajstić information content (AvgIpc) is 2.38. The van der Waals surface area contributed by atoms with Crippen molar-refractivity contribution in [2.45, 2.75) is 4.83 Å². The number of Topliss-reactive ketones (excluding diaryl/α,β-unsaturated/α-hetero) is 1. The van der Waals surface area contributed by atoms with E-state index in [0.29, 0.717) is 16.1 Å². The topological polar surface area (TPSA) is 17.1 Å². The third-order valence-electron chi connectivity index (χ3n) is 2.54. The summed E-state index contributed by atoms with van der Waals surface area (Å²) in [6.45, 7) is 0. The van der Waals surface area contributed by atoms with Crippen molar-refractivity contribution in [2.24, 2.45) is 0 Å². The Labute approximate surface area is 118 Å². The Hall–Kier alpha value is -1.19. The van der Waals surface area contributed by atoms with Gasteiger partial charge in [0.15, 0.2) is 5.78 Å². The van der Waals surface area contributed by atoms with Gasteiger partial charge in [0.25, 0.3) is 0 Å². The summed E-state index contributed by atoms with van der Waals surface area (Å²) in [5.74, 6) is -0.599. The van der Waals surface area contributed by atoms with Crippen LogP contribution in [0.4, 0.5) is 4.39 Å². The van der Waals surface area contributed by atoms with Gasteiger partial charge in [0.1, 0.15) is 10.6 Å². The Balaban J connectivity index is 2.29. The predicted molar refractivity (Wildman–Crippen MR) is 73.9 cm³/mol. The first-order valence-corrected chi connectivity index (χ1v) is 6.57. The van der Waals surface area contributed by atoms with E-state index >= 15 is 0 Å². The SMILES string of the molecule is O=C(c1ccc(Cl)cc1)C(Br)c1ccccc1F. The molecular formula is C14H9BrClFO. The van der Waals surface area contributed by atoms with Crippen molar-refractivity contribution in [1.29, 1.82) is 0 Å². The number of hydrogen-bond acceptors (Lipinski definition) is 1. The Morgan fingerprint density at radius 3 is 2.33 bits per heavy atom. The zero-order chi connectivity index (χ0) is 13.1. The molecule has 0 amide bonds. The fourth-order valence-electron chi connectivity index (χ4n) is 1.58. The first-order valence-electron chi connectivity index (χ1n) is 5.28. The molecule has 0 saturated heterocycles. The molecule has 2 aromatic rings. The van der Waals surface area contributed by atoms with Crippen molar-refractivity contribution in [1.82, 2.24) is 0 Å². The maximum absolute atomic E-state index is 13.6. The Morgan fingerprint density at radius 2 is 1.72 bits per heavy atom. The van der Waals surface area contributed by atoms with Gasteiger partial charge in [0, 0.05) is 16.1 Å². The third-order valence-corrected chi connectivity index (χ3v) is 3.70. The summed E-state index contributed by atoms with van der Waals surface area (Å²) in [4.78, 5) is 11.5. The van der Waals surface area contributed by atoms with E-state index in [4.69, 9.17) is 11.6 Å². The summed E-state index contributed by atoms with van der Waals surface area (Å²) in [6.07, 6.45) is 0. The van der Waals surface area contributed by atoms with Crippen molar-refractivity contribution in [3.63, 3.8) is 0 Å². The van der Waals surface area contributed by atoms with Crippen LogP contribution >= 0.6 is 27.5 Å². The van der Waals surface area contributed by atoms with Crippen LogP contribution in [-0.2, 0) is 0 Å². The van der Waals surface area contributed by atoms with Crippen LogP contribution in [0.25, 0.3) is 0 Å². The second-order valence-corrected chi connectivity index (χ2v) is 5.11. The van der Waals surface area contributed by atoms with Crippen LogP contribution < -0.4 is 0 Å². The number of benzene rings is 2. The molecule has 2 rings (SSSR count).